The minimum atomic E-state index is -0.852. The van der Waals surface area contributed by atoms with Crippen LogP contribution in [0.5, 0.6) is 0 Å². The summed E-state index contributed by atoms with van der Waals surface area (Å²) in [6.45, 7) is 2.88. The first-order valence-electron chi connectivity index (χ1n) is 10.7. The molecule has 0 radical (unpaired) electrons. The molecule has 0 atom stereocenters. The summed E-state index contributed by atoms with van der Waals surface area (Å²) in [5.74, 6) is -0.917. The highest BCUT2D eigenvalue weighted by Crippen LogP contribution is 2.33. The maximum atomic E-state index is 12.9. The normalized spacial score (nSPS) is 20.6. The minimum absolute atomic E-state index is 0.109. The SMILES string of the molecule is Cc1cccc(C(=O)N2CCCC2)c1NC(=O)CN1C(=O)NC2(CCCCC2)C1=O. The summed E-state index contributed by atoms with van der Waals surface area (Å²) >= 11 is 0. The van der Waals surface area contributed by atoms with Crippen LogP contribution in [0.1, 0.15) is 60.9 Å². The average Bonchev–Trinajstić information content (AvgIpc) is 3.34. The molecule has 2 heterocycles. The number of carbonyl (C=O) groups excluding carboxylic acids is 4. The van der Waals surface area contributed by atoms with Crippen molar-refractivity contribution in [2.75, 3.05) is 25.0 Å². The highest BCUT2D eigenvalue weighted by atomic mass is 16.2. The Morgan fingerprint density at radius 1 is 1.07 bits per heavy atom. The van der Waals surface area contributed by atoms with Crippen LogP contribution in [0.25, 0.3) is 0 Å². The first-order chi connectivity index (χ1) is 14.4. The summed E-state index contributed by atoms with van der Waals surface area (Å²) in [6.07, 6.45) is 6.01. The molecule has 160 valence electrons. The third-order valence-electron chi connectivity index (χ3n) is 6.42. The lowest BCUT2D eigenvalue weighted by Crippen LogP contribution is -2.48. The van der Waals surface area contributed by atoms with Crippen LogP contribution in [-0.4, -0.2) is 58.7 Å². The van der Waals surface area contributed by atoms with Gasteiger partial charge >= 0.3 is 6.03 Å². The Morgan fingerprint density at radius 2 is 1.77 bits per heavy atom. The van der Waals surface area contributed by atoms with E-state index in [1.165, 1.54) is 0 Å². The Balaban J connectivity index is 1.49. The number of likely N-dealkylation sites (tertiary alicyclic amines) is 1. The number of benzene rings is 1. The van der Waals surface area contributed by atoms with Crippen molar-refractivity contribution in [3.63, 3.8) is 0 Å². The lowest BCUT2D eigenvalue weighted by molar-refractivity contribution is -0.134. The fraction of sp³-hybridized carbons (Fsp3) is 0.545. The molecule has 0 aromatic heterocycles. The number of hydrogen-bond acceptors (Lipinski definition) is 4. The topological polar surface area (TPSA) is 98.8 Å². The quantitative estimate of drug-likeness (QED) is 0.742. The third-order valence-corrected chi connectivity index (χ3v) is 6.42. The Hall–Kier alpha value is -2.90. The molecular formula is C22H28N4O4. The highest BCUT2D eigenvalue weighted by molar-refractivity contribution is 6.11. The second kappa shape index (κ2) is 8.08. The van der Waals surface area contributed by atoms with Gasteiger partial charge in [-0.25, -0.2) is 4.79 Å². The molecule has 1 saturated carbocycles. The molecule has 5 amide bonds. The number of nitrogens with one attached hydrogen (secondary N) is 2. The average molecular weight is 412 g/mol. The number of carbonyl (C=O) groups is 4. The molecule has 1 aliphatic carbocycles. The van der Waals surface area contributed by atoms with E-state index in [1.54, 1.807) is 17.0 Å². The monoisotopic (exact) mass is 412 g/mol. The predicted molar refractivity (Wildman–Crippen MR) is 111 cm³/mol. The summed E-state index contributed by atoms with van der Waals surface area (Å²) in [5.41, 5.74) is 0.786. The van der Waals surface area contributed by atoms with Crippen LogP contribution in [0.15, 0.2) is 18.2 Å². The summed E-state index contributed by atoms with van der Waals surface area (Å²) in [7, 11) is 0. The molecule has 0 bridgehead atoms. The number of anilines is 1. The number of para-hydroxylation sites is 1. The minimum Gasteiger partial charge on any atom is -0.339 e. The summed E-state index contributed by atoms with van der Waals surface area (Å²) < 4.78 is 0. The van der Waals surface area contributed by atoms with Crippen molar-refractivity contribution in [3.05, 3.63) is 29.3 Å². The maximum Gasteiger partial charge on any atom is 0.325 e. The number of imide groups is 1. The zero-order valence-corrected chi connectivity index (χ0v) is 17.3. The van der Waals surface area contributed by atoms with Gasteiger partial charge in [-0.3, -0.25) is 19.3 Å². The molecular weight excluding hydrogens is 384 g/mol. The van der Waals surface area contributed by atoms with Gasteiger partial charge in [-0.05, 0) is 44.2 Å². The Morgan fingerprint density at radius 3 is 2.47 bits per heavy atom. The molecule has 1 aromatic rings. The number of urea groups is 1. The van der Waals surface area contributed by atoms with Crippen molar-refractivity contribution >= 4 is 29.4 Å². The van der Waals surface area contributed by atoms with E-state index in [-0.39, 0.29) is 18.4 Å². The van der Waals surface area contributed by atoms with Gasteiger partial charge in [0, 0.05) is 13.1 Å². The molecule has 4 rings (SSSR count). The van der Waals surface area contributed by atoms with Crippen molar-refractivity contribution in [2.24, 2.45) is 0 Å². The van der Waals surface area contributed by atoms with Gasteiger partial charge in [0.05, 0.1) is 11.3 Å². The summed E-state index contributed by atoms with van der Waals surface area (Å²) in [5, 5.41) is 5.60. The van der Waals surface area contributed by atoms with Gasteiger partial charge in [0.15, 0.2) is 0 Å². The van der Waals surface area contributed by atoms with Crippen molar-refractivity contribution in [3.8, 4) is 0 Å². The summed E-state index contributed by atoms with van der Waals surface area (Å²) in [6, 6.07) is 4.79. The van der Waals surface area contributed by atoms with E-state index in [2.05, 4.69) is 10.6 Å². The van der Waals surface area contributed by atoms with Crippen LogP contribution in [0.2, 0.25) is 0 Å². The van der Waals surface area contributed by atoms with Crippen LogP contribution < -0.4 is 10.6 Å². The van der Waals surface area contributed by atoms with Crippen molar-refractivity contribution in [2.45, 2.75) is 57.4 Å². The van der Waals surface area contributed by atoms with Crippen LogP contribution in [0, 0.1) is 6.92 Å². The van der Waals surface area contributed by atoms with E-state index >= 15 is 0 Å². The molecule has 2 N–H and O–H groups in total. The van der Waals surface area contributed by atoms with Crippen LogP contribution in [-0.2, 0) is 9.59 Å². The first kappa shape index (κ1) is 20.4. The van der Waals surface area contributed by atoms with E-state index in [4.69, 9.17) is 0 Å². The van der Waals surface area contributed by atoms with E-state index in [9.17, 15) is 19.2 Å². The summed E-state index contributed by atoms with van der Waals surface area (Å²) in [4.78, 5) is 53.8. The predicted octanol–water partition coefficient (Wildman–Crippen LogP) is 2.42. The van der Waals surface area contributed by atoms with Crippen LogP contribution in [0.3, 0.4) is 0 Å². The van der Waals surface area contributed by atoms with E-state index in [0.29, 0.717) is 37.2 Å². The Labute approximate surface area is 176 Å². The van der Waals surface area contributed by atoms with Gasteiger partial charge in [0.1, 0.15) is 12.1 Å². The largest absolute Gasteiger partial charge is 0.339 e. The Bertz CT molecular complexity index is 885. The van der Waals surface area contributed by atoms with Crippen molar-refractivity contribution < 1.29 is 19.2 Å². The number of nitrogens with zero attached hydrogens (tertiary/aromatic N) is 2. The van der Waals surface area contributed by atoms with Gasteiger partial charge in [0.25, 0.3) is 11.8 Å². The maximum absolute atomic E-state index is 12.9. The number of aryl methyl sites for hydroxylation is 1. The van der Waals surface area contributed by atoms with E-state index in [1.807, 2.05) is 13.0 Å². The first-order valence-corrected chi connectivity index (χ1v) is 10.7. The smallest absolute Gasteiger partial charge is 0.325 e. The van der Waals surface area contributed by atoms with Gasteiger partial charge in [-0.15, -0.1) is 0 Å². The zero-order chi connectivity index (χ0) is 21.3. The Kier molecular flexibility index (Phi) is 5.49. The molecule has 3 aliphatic rings. The highest BCUT2D eigenvalue weighted by Gasteiger charge is 2.51. The van der Waals surface area contributed by atoms with Gasteiger partial charge < -0.3 is 15.5 Å². The molecule has 30 heavy (non-hydrogen) atoms. The molecule has 2 aliphatic heterocycles. The lowest BCUT2D eigenvalue weighted by Gasteiger charge is -2.30. The second-order valence-corrected chi connectivity index (χ2v) is 8.51. The third kappa shape index (κ3) is 3.66. The van der Waals surface area contributed by atoms with Gasteiger partial charge in [-0.2, -0.15) is 0 Å². The number of hydrogen-bond donors (Lipinski definition) is 2. The number of amides is 5. The molecule has 1 spiro atoms. The van der Waals surface area contributed by atoms with Gasteiger partial charge in [-0.1, -0.05) is 31.4 Å². The molecule has 3 fully saturated rings. The molecule has 8 heteroatoms. The van der Waals surface area contributed by atoms with Crippen LogP contribution >= 0.6 is 0 Å². The standard InChI is InChI=1S/C22H28N4O4/c1-15-8-7-9-16(19(28)25-12-5-6-13-25)18(15)23-17(27)14-26-20(29)22(24-21(26)30)10-3-2-4-11-22/h7-9H,2-6,10-14H2,1H3,(H,23,27)(H,24,30). The fourth-order valence-electron chi connectivity index (χ4n) is 4.74. The zero-order valence-electron chi connectivity index (χ0n) is 17.3. The fourth-order valence-corrected chi connectivity index (χ4v) is 4.74. The lowest BCUT2D eigenvalue weighted by atomic mass is 9.82. The van der Waals surface area contributed by atoms with Crippen molar-refractivity contribution in [1.29, 1.82) is 0 Å². The molecule has 0 unspecified atom stereocenters. The van der Waals surface area contributed by atoms with E-state index in [0.717, 1.165) is 42.6 Å². The van der Waals surface area contributed by atoms with Gasteiger partial charge in [0.2, 0.25) is 5.91 Å². The van der Waals surface area contributed by atoms with Crippen molar-refractivity contribution in [1.82, 2.24) is 15.1 Å². The second-order valence-electron chi connectivity index (χ2n) is 8.51. The van der Waals surface area contributed by atoms with E-state index < -0.39 is 17.5 Å². The molecule has 8 nitrogen and oxygen atoms in total. The van der Waals surface area contributed by atoms with Crippen LogP contribution in [0.4, 0.5) is 10.5 Å². The molecule has 1 aromatic carbocycles. The molecule has 2 saturated heterocycles. The number of rotatable bonds is 4.